The number of rotatable bonds is 6. The van der Waals surface area contributed by atoms with Gasteiger partial charge in [-0.25, -0.2) is 4.99 Å². The molecule has 0 saturated heterocycles. The van der Waals surface area contributed by atoms with E-state index in [-0.39, 0.29) is 12.3 Å². The fourth-order valence-electron chi connectivity index (χ4n) is 7.76. The molecule has 1 aliphatic heterocycles. The molecule has 4 heteroatoms. The van der Waals surface area contributed by atoms with E-state index in [0.717, 1.165) is 66.4 Å². The van der Waals surface area contributed by atoms with E-state index in [0.29, 0.717) is 0 Å². The molecule has 2 atom stereocenters. The van der Waals surface area contributed by atoms with Gasteiger partial charge in [0.15, 0.2) is 0 Å². The zero-order chi connectivity index (χ0) is 35.1. The van der Waals surface area contributed by atoms with E-state index in [2.05, 4.69) is 187 Å². The first kappa shape index (κ1) is 31.0. The Kier molecular flexibility index (Phi) is 7.67. The van der Waals surface area contributed by atoms with Gasteiger partial charge in [-0.1, -0.05) is 170 Å². The maximum Gasteiger partial charge on any atom is 0.143 e. The molecular weight excluding hydrogens is 647 g/mol. The van der Waals surface area contributed by atoms with Crippen molar-refractivity contribution in [2.45, 2.75) is 12.3 Å². The van der Waals surface area contributed by atoms with Crippen molar-refractivity contribution in [3.63, 3.8) is 0 Å². The van der Waals surface area contributed by atoms with Gasteiger partial charge in [0.25, 0.3) is 0 Å². The molecule has 2 heterocycles. The molecule has 0 radical (unpaired) electrons. The van der Waals surface area contributed by atoms with Crippen molar-refractivity contribution in [2.24, 2.45) is 4.99 Å². The second-order valence-electron chi connectivity index (χ2n) is 13.6. The maximum absolute atomic E-state index is 6.69. The van der Waals surface area contributed by atoms with Crippen LogP contribution in [-0.2, 0) is 0 Å². The zero-order valence-corrected chi connectivity index (χ0v) is 28.9. The molecule has 252 valence electrons. The topological polar surface area (TPSA) is 49.6 Å². The van der Waals surface area contributed by atoms with Crippen molar-refractivity contribution < 1.29 is 4.42 Å². The Morgan fingerprint density at radius 1 is 0.434 bits per heavy atom. The standard InChI is InChI=1S/C49H35N3O/c1-4-14-32(15-5-1)33-26-28-36(29-27-33)48-50-47(35-18-8-3-9-19-35)51-49(52-48)38-21-12-20-37(30-38)42-31-43-39(34-16-6-2-7-17-34)23-13-24-40(43)46-45(42)41-22-10-11-25-44(41)53-46/h1-31,47,49,51H,(H,50,52). The summed E-state index contributed by atoms with van der Waals surface area (Å²) >= 11 is 0. The van der Waals surface area contributed by atoms with Gasteiger partial charge < -0.3 is 9.73 Å². The van der Waals surface area contributed by atoms with Crippen molar-refractivity contribution in [1.29, 1.82) is 0 Å². The third-order valence-electron chi connectivity index (χ3n) is 10.4. The summed E-state index contributed by atoms with van der Waals surface area (Å²) in [4.78, 5) is 5.32. The minimum atomic E-state index is -0.290. The maximum atomic E-state index is 6.69. The minimum Gasteiger partial charge on any atom is -0.455 e. The predicted octanol–water partition coefficient (Wildman–Crippen LogP) is 12.1. The highest BCUT2D eigenvalue weighted by Gasteiger charge is 2.26. The summed E-state index contributed by atoms with van der Waals surface area (Å²) in [6.45, 7) is 0. The SMILES string of the molecule is c1ccc(-c2ccc(C3=NC(c4cccc(-c5cc6c(-c7ccccc7)cccc6c6oc7ccccc7c56)c4)NC(c4ccccc4)N3)cc2)cc1. The molecule has 1 aromatic heterocycles. The van der Waals surface area contributed by atoms with E-state index >= 15 is 0 Å². The van der Waals surface area contributed by atoms with Gasteiger partial charge in [0.05, 0.1) is 0 Å². The first-order chi connectivity index (χ1) is 26.3. The number of furan rings is 1. The molecule has 0 saturated carbocycles. The van der Waals surface area contributed by atoms with Crippen molar-refractivity contribution in [3.05, 3.63) is 205 Å². The summed E-state index contributed by atoms with van der Waals surface area (Å²) in [7, 11) is 0. The lowest BCUT2D eigenvalue weighted by atomic mass is 9.91. The lowest BCUT2D eigenvalue weighted by Crippen LogP contribution is -2.44. The first-order valence-corrected chi connectivity index (χ1v) is 18.1. The molecule has 0 fully saturated rings. The molecule has 10 rings (SSSR count). The van der Waals surface area contributed by atoms with Crippen LogP contribution in [-0.4, -0.2) is 5.84 Å². The highest BCUT2D eigenvalue weighted by Crippen LogP contribution is 2.44. The zero-order valence-electron chi connectivity index (χ0n) is 28.9. The van der Waals surface area contributed by atoms with Gasteiger partial charge in [0.2, 0.25) is 0 Å². The lowest BCUT2D eigenvalue weighted by Gasteiger charge is -2.32. The third-order valence-corrected chi connectivity index (χ3v) is 10.4. The van der Waals surface area contributed by atoms with E-state index < -0.39 is 0 Å². The number of hydrogen-bond donors (Lipinski definition) is 2. The number of aliphatic imine (C=N–C) groups is 1. The molecule has 0 spiro atoms. The smallest absolute Gasteiger partial charge is 0.143 e. The summed E-state index contributed by atoms with van der Waals surface area (Å²) in [5, 5.41) is 12.0. The van der Waals surface area contributed by atoms with Crippen LogP contribution in [0.2, 0.25) is 0 Å². The normalized spacial score (nSPS) is 15.7. The number of hydrogen-bond acceptors (Lipinski definition) is 4. The van der Waals surface area contributed by atoms with E-state index in [9.17, 15) is 0 Å². The van der Waals surface area contributed by atoms with Gasteiger partial charge in [-0.15, -0.1) is 0 Å². The van der Waals surface area contributed by atoms with Gasteiger partial charge in [-0.2, -0.15) is 0 Å². The minimum absolute atomic E-state index is 0.134. The van der Waals surface area contributed by atoms with E-state index in [1.807, 2.05) is 12.1 Å². The summed E-state index contributed by atoms with van der Waals surface area (Å²) < 4.78 is 6.69. The molecule has 2 unspecified atom stereocenters. The van der Waals surface area contributed by atoms with Crippen LogP contribution in [0.1, 0.15) is 29.0 Å². The molecule has 9 aromatic rings. The Bertz CT molecular complexity index is 2770. The highest BCUT2D eigenvalue weighted by molar-refractivity contribution is 6.23. The molecule has 53 heavy (non-hydrogen) atoms. The van der Waals surface area contributed by atoms with Gasteiger partial charge in [0, 0.05) is 21.7 Å². The average molecular weight is 682 g/mol. The fraction of sp³-hybridized carbons (Fsp3) is 0.0408. The van der Waals surface area contributed by atoms with Crippen molar-refractivity contribution in [2.75, 3.05) is 0 Å². The Balaban J connectivity index is 1.12. The summed E-state index contributed by atoms with van der Waals surface area (Å²) in [6.07, 6.45) is -0.424. The fourth-order valence-corrected chi connectivity index (χ4v) is 7.76. The number of fused-ring (bicyclic) bond motifs is 5. The molecule has 0 bridgehead atoms. The van der Waals surface area contributed by atoms with Gasteiger partial charge >= 0.3 is 0 Å². The van der Waals surface area contributed by atoms with Crippen LogP contribution < -0.4 is 10.6 Å². The number of para-hydroxylation sites is 1. The van der Waals surface area contributed by atoms with Gasteiger partial charge in [-0.3, -0.25) is 5.32 Å². The molecule has 1 aliphatic rings. The molecule has 4 nitrogen and oxygen atoms in total. The third kappa shape index (κ3) is 5.66. The summed E-state index contributed by atoms with van der Waals surface area (Å²) in [5.74, 6) is 0.856. The molecule has 0 amide bonds. The summed E-state index contributed by atoms with van der Waals surface area (Å²) in [5.41, 5.74) is 12.1. The van der Waals surface area contributed by atoms with E-state index in [1.54, 1.807) is 0 Å². The Morgan fingerprint density at radius 3 is 1.83 bits per heavy atom. The second kappa shape index (κ2) is 13.1. The van der Waals surface area contributed by atoms with Crippen LogP contribution >= 0.6 is 0 Å². The van der Waals surface area contributed by atoms with Crippen LogP contribution in [0.5, 0.6) is 0 Å². The van der Waals surface area contributed by atoms with Crippen molar-refractivity contribution >= 4 is 38.5 Å². The average Bonchev–Trinajstić information content (AvgIpc) is 3.64. The van der Waals surface area contributed by atoms with E-state index in [1.165, 1.54) is 22.3 Å². The lowest BCUT2D eigenvalue weighted by molar-refractivity contribution is 0.409. The Hall–Kier alpha value is -6.75. The predicted molar refractivity (Wildman–Crippen MR) is 219 cm³/mol. The molecule has 8 aromatic carbocycles. The molecular formula is C49H35N3O. The Labute approximate surface area is 308 Å². The van der Waals surface area contributed by atoms with Gasteiger partial charge in [-0.05, 0) is 68.1 Å². The van der Waals surface area contributed by atoms with Crippen molar-refractivity contribution in [1.82, 2.24) is 10.6 Å². The van der Waals surface area contributed by atoms with Crippen molar-refractivity contribution in [3.8, 4) is 33.4 Å². The van der Waals surface area contributed by atoms with Crippen LogP contribution in [0.25, 0.3) is 66.1 Å². The first-order valence-electron chi connectivity index (χ1n) is 18.1. The largest absolute Gasteiger partial charge is 0.455 e. The van der Waals surface area contributed by atoms with E-state index in [4.69, 9.17) is 9.41 Å². The number of nitrogens with one attached hydrogen (secondary N) is 2. The Morgan fingerprint density at radius 2 is 1.04 bits per heavy atom. The summed E-state index contributed by atoms with van der Waals surface area (Å²) in [6, 6.07) is 66.3. The van der Waals surface area contributed by atoms with Crippen LogP contribution in [0, 0.1) is 0 Å². The van der Waals surface area contributed by atoms with Crippen LogP contribution in [0.4, 0.5) is 0 Å². The number of amidine groups is 1. The highest BCUT2D eigenvalue weighted by atomic mass is 16.3. The van der Waals surface area contributed by atoms with Crippen LogP contribution in [0.3, 0.4) is 0 Å². The second-order valence-corrected chi connectivity index (χ2v) is 13.6. The number of nitrogens with zero attached hydrogens (tertiary/aromatic N) is 1. The monoisotopic (exact) mass is 681 g/mol. The quantitative estimate of drug-likeness (QED) is 0.184. The molecule has 0 aliphatic carbocycles. The molecule has 2 N–H and O–H groups in total. The van der Waals surface area contributed by atoms with Crippen LogP contribution in [0.15, 0.2) is 197 Å². The number of benzene rings is 8. The van der Waals surface area contributed by atoms with Gasteiger partial charge in [0.1, 0.15) is 29.3 Å².